The highest BCUT2D eigenvalue weighted by Gasteiger charge is 2.70. The van der Waals surface area contributed by atoms with E-state index in [2.05, 4.69) is 0 Å². The van der Waals surface area contributed by atoms with E-state index >= 15 is 0 Å². The van der Waals surface area contributed by atoms with Crippen LogP contribution in [-0.2, 0) is 14.3 Å². The number of hydrogen-bond donors (Lipinski definition) is 0. The Morgan fingerprint density at radius 2 is 2.33 bits per heavy atom. The summed E-state index contributed by atoms with van der Waals surface area (Å²) >= 11 is 0. The molecule has 3 heteroatoms. The molecule has 1 heterocycles. The van der Waals surface area contributed by atoms with Crippen LogP contribution in [0.1, 0.15) is 20.3 Å². The van der Waals surface area contributed by atoms with Crippen LogP contribution in [0, 0.1) is 17.3 Å². The first kappa shape index (κ1) is 7.77. The molecule has 1 aliphatic heterocycles. The summed E-state index contributed by atoms with van der Waals surface area (Å²) < 4.78 is 4.83. The summed E-state index contributed by atoms with van der Waals surface area (Å²) in [5.74, 6) is -0.0817. The zero-order valence-electron chi connectivity index (χ0n) is 7.29. The van der Waals surface area contributed by atoms with Crippen LogP contribution in [0.25, 0.3) is 0 Å². The third-order valence-corrected chi connectivity index (χ3v) is 2.85. The van der Waals surface area contributed by atoms with Gasteiger partial charge in [0, 0.05) is 11.8 Å². The van der Waals surface area contributed by atoms with Gasteiger partial charge < -0.3 is 4.74 Å². The van der Waals surface area contributed by atoms with Crippen LogP contribution in [-0.4, -0.2) is 18.4 Å². The van der Waals surface area contributed by atoms with E-state index in [1.165, 1.54) is 0 Å². The molecule has 0 aromatic heterocycles. The van der Waals surface area contributed by atoms with Crippen LogP contribution in [0.2, 0.25) is 0 Å². The molecule has 0 aromatic carbocycles. The minimum atomic E-state index is -0.700. The van der Waals surface area contributed by atoms with Crippen LogP contribution in [0.5, 0.6) is 0 Å². The first-order valence-corrected chi connectivity index (χ1v) is 4.30. The lowest BCUT2D eigenvalue weighted by atomic mass is 9.91. The minimum absolute atomic E-state index is 0.0550. The maximum atomic E-state index is 11.6. The predicted molar refractivity (Wildman–Crippen MR) is 41.3 cm³/mol. The van der Waals surface area contributed by atoms with Crippen molar-refractivity contribution >= 4 is 11.8 Å². The van der Waals surface area contributed by atoms with E-state index in [1.54, 1.807) is 0 Å². The van der Waals surface area contributed by atoms with Gasteiger partial charge in [0.15, 0.2) is 5.78 Å². The molecule has 1 saturated heterocycles. The monoisotopic (exact) mass is 168 g/mol. The highest BCUT2D eigenvalue weighted by molar-refractivity contribution is 6.09. The number of cyclic esters (lactones) is 1. The minimum Gasteiger partial charge on any atom is -0.465 e. The van der Waals surface area contributed by atoms with Crippen molar-refractivity contribution in [2.24, 2.45) is 17.3 Å². The lowest BCUT2D eigenvalue weighted by Gasteiger charge is -2.10. The maximum Gasteiger partial charge on any atom is 0.320 e. The summed E-state index contributed by atoms with van der Waals surface area (Å²) in [5, 5.41) is 0. The summed E-state index contributed by atoms with van der Waals surface area (Å²) in [6, 6.07) is 0. The van der Waals surface area contributed by atoms with Crippen molar-refractivity contribution in [1.29, 1.82) is 0 Å². The number of carbonyl (C=O) groups excluding carboxylic acids is 2. The molecule has 1 aliphatic carbocycles. The Balaban J connectivity index is 2.24. The number of esters is 1. The maximum absolute atomic E-state index is 11.6. The van der Waals surface area contributed by atoms with E-state index in [0.717, 1.165) is 6.42 Å². The van der Waals surface area contributed by atoms with E-state index in [-0.39, 0.29) is 23.6 Å². The van der Waals surface area contributed by atoms with Crippen LogP contribution >= 0.6 is 0 Å². The molecule has 0 amide bonds. The molecule has 2 aliphatic rings. The normalized spacial score (nSPS) is 37.9. The van der Waals surface area contributed by atoms with E-state index in [4.69, 9.17) is 4.74 Å². The van der Waals surface area contributed by atoms with Crippen molar-refractivity contribution in [2.75, 3.05) is 6.61 Å². The fourth-order valence-electron chi connectivity index (χ4n) is 2.00. The van der Waals surface area contributed by atoms with Crippen LogP contribution in [0.4, 0.5) is 0 Å². The molecule has 1 saturated carbocycles. The largest absolute Gasteiger partial charge is 0.465 e. The van der Waals surface area contributed by atoms with Gasteiger partial charge in [0.25, 0.3) is 0 Å². The number of Topliss-reactive ketones (excluding diaryl/α,β-unsaturated/α-hetero) is 1. The molecule has 12 heavy (non-hydrogen) atoms. The number of fused-ring (bicyclic) bond motifs is 1. The van der Waals surface area contributed by atoms with Gasteiger partial charge in [0.1, 0.15) is 5.41 Å². The van der Waals surface area contributed by atoms with Crippen molar-refractivity contribution < 1.29 is 14.3 Å². The summed E-state index contributed by atoms with van der Waals surface area (Å²) in [5.41, 5.74) is -0.700. The first-order valence-electron chi connectivity index (χ1n) is 4.30. The fourth-order valence-corrected chi connectivity index (χ4v) is 2.00. The zero-order valence-corrected chi connectivity index (χ0v) is 7.29. The van der Waals surface area contributed by atoms with E-state index in [9.17, 15) is 9.59 Å². The van der Waals surface area contributed by atoms with Crippen molar-refractivity contribution in [3.8, 4) is 0 Å². The average molecular weight is 168 g/mol. The molecular weight excluding hydrogens is 156 g/mol. The molecule has 2 atom stereocenters. The third-order valence-electron chi connectivity index (χ3n) is 2.85. The Labute approximate surface area is 71.1 Å². The molecule has 0 aromatic rings. The zero-order chi connectivity index (χ0) is 8.93. The molecule has 0 bridgehead atoms. The van der Waals surface area contributed by atoms with E-state index in [0.29, 0.717) is 6.61 Å². The first-order chi connectivity index (χ1) is 5.59. The lowest BCUT2D eigenvalue weighted by Crippen LogP contribution is -2.28. The summed E-state index contributed by atoms with van der Waals surface area (Å²) in [6.07, 6.45) is 0.725. The third kappa shape index (κ3) is 0.713. The Morgan fingerprint density at radius 1 is 1.67 bits per heavy atom. The van der Waals surface area contributed by atoms with Gasteiger partial charge in [0.2, 0.25) is 0 Å². The van der Waals surface area contributed by atoms with E-state index in [1.807, 2.05) is 13.8 Å². The molecule has 0 N–H and O–H groups in total. The Morgan fingerprint density at radius 3 is 2.67 bits per heavy atom. The number of hydrogen-bond acceptors (Lipinski definition) is 3. The standard InChI is InChI=1S/C9H12O3/c1-5(2)7(10)9-3-6(9)4-12-8(9)11/h5-6H,3-4H2,1-2H3. The molecule has 2 unspecified atom stereocenters. The quantitative estimate of drug-likeness (QED) is 0.452. The molecule has 0 radical (unpaired) electrons. The van der Waals surface area contributed by atoms with Gasteiger partial charge in [-0.3, -0.25) is 9.59 Å². The molecular formula is C9H12O3. The Hall–Kier alpha value is -0.860. The second kappa shape index (κ2) is 2.09. The van der Waals surface area contributed by atoms with Crippen LogP contribution < -0.4 is 0 Å². The summed E-state index contributed by atoms with van der Waals surface area (Å²) in [7, 11) is 0. The topological polar surface area (TPSA) is 43.4 Å². The Kier molecular flexibility index (Phi) is 1.35. The average Bonchev–Trinajstić information content (AvgIpc) is 2.67. The highest BCUT2D eigenvalue weighted by atomic mass is 16.5. The number of carbonyl (C=O) groups is 2. The van der Waals surface area contributed by atoms with Crippen LogP contribution in [0.15, 0.2) is 0 Å². The molecule has 2 rings (SSSR count). The van der Waals surface area contributed by atoms with Gasteiger partial charge in [-0.1, -0.05) is 13.8 Å². The van der Waals surface area contributed by atoms with Crippen molar-refractivity contribution in [2.45, 2.75) is 20.3 Å². The summed E-state index contributed by atoms with van der Waals surface area (Å²) in [4.78, 5) is 22.9. The lowest BCUT2D eigenvalue weighted by molar-refractivity contribution is -0.149. The Bertz CT molecular complexity index is 256. The van der Waals surface area contributed by atoms with Crippen molar-refractivity contribution in [3.63, 3.8) is 0 Å². The van der Waals surface area contributed by atoms with Gasteiger partial charge in [-0.2, -0.15) is 0 Å². The summed E-state index contributed by atoms with van der Waals surface area (Å²) in [6.45, 7) is 4.12. The second-order valence-electron chi connectivity index (χ2n) is 3.99. The van der Waals surface area contributed by atoms with Gasteiger partial charge in [-0.15, -0.1) is 0 Å². The predicted octanol–water partition coefficient (Wildman–Crippen LogP) is 0.775. The smallest absolute Gasteiger partial charge is 0.320 e. The number of rotatable bonds is 2. The molecule has 0 spiro atoms. The van der Waals surface area contributed by atoms with Gasteiger partial charge >= 0.3 is 5.97 Å². The fraction of sp³-hybridized carbons (Fsp3) is 0.778. The molecule has 2 fully saturated rings. The SMILES string of the molecule is CC(C)C(=O)C12CC1COC2=O. The molecule has 3 nitrogen and oxygen atoms in total. The second-order valence-corrected chi connectivity index (χ2v) is 3.99. The van der Waals surface area contributed by atoms with E-state index < -0.39 is 5.41 Å². The molecule has 66 valence electrons. The number of ketones is 1. The van der Waals surface area contributed by atoms with Crippen molar-refractivity contribution in [1.82, 2.24) is 0 Å². The van der Waals surface area contributed by atoms with Gasteiger partial charge in [0.05, 0.1) is 6.61 Å². The van der Waals surface area contributed by atoms with Crippen LogP contribution in [0.3, 0.4) is 0 Å². The highest BCUT2D eigenvalue weighted by Crippen LogP contribution is 2.59. The van der Waals surface area contributed by atoms with Gasteiger partial charge in [-0.05, 0) is 6.42 Å². The van der Waals surface area contributed by atoms with Gasteiger partial charge in [-0.25, -0.2) is 0 Å². The number of ether oxygens (including phenoxy) is 1. The van der Waals surface area contributed by atoms with Crippen molar-refractivity contribution in [3.05, 3.63) is 0 Å².